The highest BCUT2D eigenvalue weighted by Gasteiger charge is 2.25. The second-order valence-electron chi connectivity index (χ2n) is 12.2. The van der Waals surface area contributed by atoms with Gasteiger partial charge in [0, 0.05) is 0 Å². The van der Waals surface area contributed by atoms with E-state index in [1.807, 2.05) is 24.3 Å². The molecule has 0 bridgehead atoms. The lowest BCUT2D eigenvalue weighted by Gasteiger charge is -2.30. The van der Waals surface area contributed by atoms with Gasteiger partial charge in [-0.2, -0.15) is 10.5 Å². The van der Waals surface area contributed by atoms with Crippen molar-refractivity contribution in [3.05, 3.63) is 82.9 Å². The van der Waals surface area contributed by atoms with Crippen molar-refractivity contribution in [2.24, 2.45) is 23.7 Å². The average molecular weight is 549 g/mol. The third kappa shape index (κ3) is 8.92. The van der Waals surface area contributed by atoms with E-state index in [1.54, 1.807) is 0 Å². The summed E-state index contributed by atoms with van der Waals surface area (Å²) in [5.74, 6) is 2.86. The smallest absolute Gasteiger partial charge is 0.0991 e. The molecular weight excluding hydrogens is 500 g/mol. The minimum absolute atomic E-state index is 0.558. The molecule has 2 saturated carbocycles. The van der Waals surface area contributed by atoms with E-state index in [-0.39, 0.29) is 0 Å². The van der Waals surface area contributed by atoms with Crippen LogP contribution in [-0.4, -0.2) is 13.2 Å². The first kappa shape index (κ1) is 30.8. The third-order valence-electron chi connectivity index (χ3n) is 9.50. The molecule has 0 amide bonds. The number of benzene rings is 2. The standard InChI is InChI=1S/C38H48N2O/c1-3-5-29-7-15-33(16-8-29)37(35-19-11-31(27-39)12-20-35)23-25-41-26-24-38(36-21-13-32(28-40)14-22-36)34-17-9-30(6-4-2)10-18-34/h11-14,19-24,29-30,33-34H,3-10,15-18,25-26H2,1-2H3. The number of nitriles is 2. The minimum atomic E-state index is 0.558. The maximum atomic E-state index is 9.28. The molecule has 0 aliphatic heterocycles. The molecule has 2 aliphatic carbocycles. The van der Waals surface area contributed by atoms with Crippen molar-refractivity contribution in [1.29, 1.82) is 10.5 Å². The highest BCUT2D eigenvalue weighted by molar-refractivity contribution is 5.69. The van der Waals surface area contributed by atoms with Gasteiger partial charge < -0.3 is 4.74 Å². The van der Waals surface area contributed by atoms with Gasteiger partial charge in [0.15, 0.2) is 0 Å². The average Bonchev–Trinajstić information content (AvgIpc) is 3.02. The number of rotatable bonds is 12. The molecule has 4 rings (SSSR count). The van der Waals surface area contributed by atoms with E-state index in [1.165, 1.54) is 99.3 Å². The van der Waals surface area contributed by atoms with Crippen LogP contribution in [0.1, 0.15) is 113 Å². The van der Waals surface area contributed by atoms with Crippen molar-refractivity contribution in [1.82, 2.24) is 0 Å². The van der Waals surface area contributed by atoms with E-state index in [4.69, 9.17) is 4.74 Å². The fourth-order valence-corrected chi connectivity index (χ4v) is 7.22. The van der Waals surface area contributed by atoms with Crippen molar-refractivity contribution in [2.45, 2.75) is 90.9 Å². The van der Waals surface area contributed by atoms with Crippen LogP contribution in [0.5, 0.6) is 0 Å². The Morgan fingerprint density at radius 3 is 1.32 bits per heavy atom. The molecule has 0 aromatic heterocycles. The Morgan fingerprint density at radius 1 is 0.634 bits per heavy atom. The Hall–Kier alpha value is -3.14. The molecule has 3 heteroatoms. The van der Waals surface area contributed by atoms with Crippen LogP contribution >= 0.6 is 0 Å². The number of hydrogen-bond acceptors (Lipinski definition) is 3. The molecule has 0 spiro atoms. The van der Waals surface area contributed by atoms with Gasteiger partial charge in [0.25, 0.3) is 0 Å². The van der Waals surface area contributed by atoms with Crippen LogP contribution in [0.2, 0.25) is 0 Å². The molecule has 2 aromatic rings. The molecule has 216 valence electrons. The predicted octanol–water partition coefficient (Wildman–Crippen LogP) is 10.1. The maximum absolute atomic E-state index is 9.28. The predicted molar refractivity (Wildman–Crippen MR) is 170 cm³/mol. The summed E-state index contributed by atoms with van der Waals surface area (Å²) in [6, 6.07) is 20.7. The van der Waals surface area contributed by atoms with Gasteiger partial charge >= 0.3 is 0 Å². The lowest BCUT2D eigenvalue weighted by Crippen LogP contribution is -2.16. The van der Waals surface area contributed by atoms with E-state index in [0.717, 1.165) is 11.8 Å². The lowest BCUT2D eigenvalue weighted by atomic mass is 9.75. The van der Waals surface area contributed by atoms with Gasteiger partial charge in [-0.1, -0.05) is 75.9 Å². The highest BCUT2D eigenvalue weighted by atomic mass is 16.5. The van der Waals surface area contributed by atoms with Gasteiger partial charge in [-0.15, -0.1) is 0 Å². The summed E-state index contributed by atoms with van der Waals surface area (Å²) in [5, 5.41) is 18.6. The zero-order valence-electron chi connectivity index (χ0n) is 25.3. The van der Waals surface area contributed by atoms with E-state index in [2.05, 4.69) is 62.4 Å². The summed E-state index contributed by atoms with van der Waals surface area (Å²) in [4.78, 5) is 0. The lowest BCUT2D eigenvalue weighted by molar-refractivity contribution is 0.193. The fourth-order valence-electron chi connectivity index (χ4n) is 7.22. The van der Waals surface area contributed by atoms with Crippen LogP contribution in [0.3, 0.4) is 0 Å². The first-order valence-corrected chi connectivity index (χ1v) is 16.1. The molecule has 41 heavy (non-hydrogen) atoms. The molecule has 0 saturated heterocycles. The van der Waals surface area contributed by atoms with Crippen molar-refractivity contribution in [2.75, 3.05) is 13.2 Å². The van der Waals surface area contributed by atoms with E-state index >= 15 is 0 Å². The molecule has 2 fully saturated rings. The molecular formula is C38H48N2O. The Kier molecular flexibility index (Phi) is 12.3. The zero-order chi connectivity index (χ0) is 28.9. The summed E-state index contributed by atoms with van der Waals surface area (Å²) in [7, 11) is 0. The van der Waals surface area contributed by atoms with Crippen LogP contribution in [0.15, 0.2) is 60.7 Å². The number of ether oxygens (including phenoxy) is 1. The molecule has 3 nitrogen and oxygen atoms in total. The first-order chi connectivity index (χ1) is 20.1. The summed E-state index contributed by atoms with van der Waals surface area (Å²) in [5.41, 5.74) is 6.64. The number of nitrogens with zero attached hydrogens (tertiary/aromatic N) is 2. The van der Waals surface area contributed by atoms with Gasteiger partial charge in [-0.05, 0) is 122 Å². The molecule has 0 unspecified atom stereocenters. The summed E-state index contributed by atoms with van der Waals surface area (Å²) >= 11 is 0. The fraction of sp³-hybridized carbons (Fsp3) is 0.526. The maximum Gasteiger partial charge on any atom is 0.0991 e. The molecule has 0 heterocycles. The second kappa shape index (κ2) is 16.3. The van der Waals surface area contributed by atoms with Crippen LogP contribution in [0, 0.1) is 46.3 Å². The van der Waals surface area contributed by atoms with Crippen molar-refractivity contribution < 1.29 is 4.74 Å². The Balaban J connectivity index is 1.45. The zero-order valence-corrected chi connectivity index (χ0v) is 25.3. The summed E-state index contributed by atoms with van der Waals surface area (Å²) < 4.78 is 6.27. The normalized spacial score (nSPS) is 23.5. The third-order valence-corrected chi connectivity index (χ3v) is 9.50. The second-order valence-corrected chi connectivity index (χ2v) is 12.2. The van der Waals surface area contributed by atoms with Crippen molar-refractivity contribution in [3.8, 4) is 12.1 Å². The molecule has 0 N–H and O–H groups in total. The van der Waals surface area contributed by atoms with Crippen LogP contribution in [0.25, 0.3) is 11.1 Å². The SMILES string of the molecule is CCCC1CCC(C(=CCOCC=C(c2ccc(C#N)cc2)C2CCC(CCC)CC2)c2ccc(C#N)cc2)CC1. The molecule has 2 aromatic carbocycles. The van der Waals surface area contributed by atoms with E-state index < -0.39 is 0 Å². The first-order valence-electron chi connectivity index (χ1n) is 16.1. The Labute approximate surface area is 248 Å². The van der Waals surface area contributed by atoms with Crippen molar-refractivity contribution >= 4 is 11.1 Å². The topological polar surface area (TPSA) is 56.8 Å². The molecule has 0 atom stereocenters. The van der Waals surface area contributed by atoms with Gasteiger partial charge in [0.1, 0.15) is 0 Å². The van der Waals surface area contributed by atoms with Crippen LogP contribution in [0.4, 0.5) is 0 Å². The number of allylic oxidation sites excluding steroid dienone is 2. The van der Waals surface area contributed by atoms with Gasteiger partial charge in [0.05, 0.1) is 36.5 Å². The number of hydrogen-bond donors (Lipinski definition) is 0. The molecule has 0 radical (unpaired) electrons. The van der Waals surface area contributed by atoms with Gasteiger partial charge in [-0.3, -0.25) is 0 Å². The van der Waals surface area contributed by atoms with Gasteiger partial charge in [0.2, 0.25) is 0 Å². The quantitative estimate of drug-likeness (QED) is 0.248. The largest absolute Gasteiger partial charge is 0.373 e. The van der Waals surface area contributed by atoms with Crippen LogP contribution in [-0.2, 0) is 4.74 Å². The minimum Gasteiger partial charge on any atom is -0.373 e. The van der Waals surface area contributed by atoms with E-state index in [0.29, 0.717) is 36.2 Å². The monoisotopic (exact) mass is 548 g/mol. The highest BCUT2D eigenvalue weighted by Crippen LogP contribution is 2.40. The van der Waals surface area contributed by atoms with Crippen molar-refractivity contribution in [3.63, 3.8) is 0 Å². The summed E-state index contributed by atoms with van der Waals surface area (Å²) in [6.07, 6.45) is 20.0. The summed E-state index contributed by atoms with van der Waals surface area (Å²) in [6.45, 7) is 5.77. The Morgan fingerprint density at radius 2 is 1.00 bits per heavy atom. The Bertz CT molecular complexity index is 1110. The molecule has 2 aliphatic rings. The van der Waals surface area contributed by atoms with Gasteiger partial charge in [-0.25, -0.2) is 0 Å². The van der Waals surface area contributed by atoms with E-state index in [9.17, 15) is 10.5 Å². The van der Waals surface area contributed by atoms with Crippen LogP contribution < -0.4 is 0 Å².